The second-order valence-electron chi connectivity index (χ2n) is 22.1. The van der Waals surface area contributed by atoms with Crippen LogP contribution in [0.2, 0.25) is 0 Å². The Bertz CT molecular complexity index is 3970. The molecular formula is C74H68BN3O. The predicted octanol–water partition coefficient (Wildman–Crippen LogP) is 19.7. The monoisotopic (exact) mass is 1030 g/mol. The minimum Gasteiger partial charge on any atom is -0.454 e. The lowest BCUT2D eigenvalue weighted by Gasteiger charge is -2.46. The highest BCUT2D eigenvalue weighted by molar-refractivity contribution is 6.94. The van der Waals surface area contributed by atoms with Gasteiger partial charge in [-0.1, -0.05) is 161 Å². The van der Waals surface area contributed by atoms with Gasteiger partial charge in [0, 0.05) is 56.0 Å². The van der Waals surface area contributed by atoms with Gasteiger partial charge < -0.3 is 19.0 Å². The Kier molecular flexibility index (Phi) is 13.5. The SMILES string of the molecule is CCCCc1cccc(N(c2cccc(CCCC)c2)c2ccc3c(c2)B2c4c(cc(-c5c(C)cccc5C)cc4N3c3ccc(CCCC)cc3-c3ccccc3)-c3ccc4c(oc5ccccc54)c3N2c2ccccc2)c1. The fraction of sp³-hybridized carbons (Fsp3) is 0.189. The summed E-state index contributed by atoms with van der Waals surface area (Å²) in [6.07, 6.45) is 10.0. The van der Waals surface area contributed by atoms with Crippen molar-refractivity contribution in [2.24, 2.45) is 0 Å². The molecular weight excluding hydrogens is 958 g/mol. The third kappa shape index (κ3) is 9.00. The number of fused-ring (bicyclic) bond motifs is 8. The zero-order valence-corrected chi connectivity index (χ0v) is 46.4. The van der Waals surface area contributed by atoms with E-state index in [1.807, 2.05) is 0 Å². The molecule has 79 heavy (non-hydrogen) atoms. The summed E-state index contributed by atoms with van der Waals surface area (Å²) in [5, 5.41) is 2.24. The summed E-state index contributed by atoms with van der Waals surface area (Å²) in [4.78, 5) is 7.78. The Hall–Kier alpha value is -8.54. The lowest BCUT2D eigenvalue weighted by Crippen LogP contribution is -2.61. The second kappa shape index (κ2) is 21.4. The zero-order chi connectivity index (χ0) is 53.6. The van der Waals surface area contributed by atoms with Gasteiger partial charge in [0.2, 0.25) is 0 Å². The van der Waals surface area contributed by atoms with Crippen LogP contribution in [0.15, 0.2) is 217 Å². The van der Waals surface area contributed by atoms with E-state index < -0.39 is 0 Å². The van der Waals surface area contributed by atoms with Crippen molar-refractivity contribution in [3.63, 3.8) is 0 Å². The Morgan fingerprint density at radius 1 is 0.443 bits per heavy atom. The van der Waals surface area contributed by atoms with Gasteiger partial charge in [-0.3, -0.25) is 0 Å². The molecule has 388 valence electrons. The Labute approximate surface area is 467 Å². The molecule has 0 unspecified atom stereocenters. The first-order valence-corrected chi connectivity index (χ1v) is 29.0. The lowest BCUT2D eigenvalue weighted by atomic mass is 9.43. The summed E-state index contributed by atoms with van der Waals surface area (Å²) >= 11 is 0. The molecule has 4 nitrogen and oxygen atoms in total. The molecule has 0 saturated heterocycles. The molecule has 0 amide bonds. The second-order valence-corrected chi connectivity index (χ2v) is 22.1. The molecule has 5 heteroatoms. The molecule has 13 rings (SSSR count). The number of hydrogen-bond acceptors (Lipinski definition) is 4. The summed E-state index contributed by atoms with van der Waals surface area (Å²) in [5.74, 6) is 0. The van der Waals surface area contributed by atoms with Crippen molar-refractivity contribution < 1.29 is 4.42 Å². The first-order chi connectivity index (χ1) is 38.9. The quantitative estimate of drug-likeness (QED) is 0.0900. The van der Waals surface area contributed by atoms with Gasteiger partial charge >= 0.3 is 6.85 Å². The van der Waals surface area contributed by atoms with Crippen LogP contribution < -0.4 is 25.5 Å². The van der Waals surface area contributed by atoms with Crippen LogP contribution in [0, 0.1) is 13.8 Å². The molecule has 0 saturated carbocycles. The molecule has 3 heterocycles. The summed E-state index contributed by atoms with van der Waals surface area (Å²) in [5.41, 5.74) is 27.3. The fourth-order valence-electron chi connectivity index (χ4n) is 13.0. The van der Waals surface area contributed by atoms with Gasteiger partial charge in [0.25, 0.3) is 0 Å². The number of nitrogens with zero attached hydrogens (tertiary/aromatic N) is 3. The molecule has 10 aromatic carbocycles. The third-order valence-corrected chi connectivity index (χ3v) is 16.8. The van der Waals surface area contributed by atoms with Crippen molar-refractivity contribution in [3.05, 3.63) is 240 Å². The van der Waals surface area contributed by atoms with Crippen molar-refractivity contribution in [3.8, 4) is 33.4 Å². The zero-order valence-electron chi connectivity index (χ0n) is 46.4. The Balaban J connectivity index is 1.16. The average molecular weight is 1030 g/mol. The summed E-state index contributed by atoms with van der Waals surface area (Å²) in [6.45, 7) is 11.1. The fourth-order valence-corrected chi connectivity index (χ4v) is 13.0. The number of unbranched alkanes of at least 4 members (excludes halogenated alkanes) is 3. The van der Waals surface area contributed by atoms with E-state index >= 15 is 0 Å². The van der Waals surface area contributed by atoms with Crippen LogP contribution >= 0.6 is 0 Å². The van der Waals surface area contributed by atoms with Gasteiger partial charge in [0.15, 0.2) is 5.58 Å². The molecule has 2 aliphatic heterocycles. The molecule has 0 aliphatic carbocycles. The van der Waals surface area contributed by atoms with Gasteiger partial charge in [-0.05, 0) is 204 Å². The van der Waals surface area contributed by atoms with E-state index in [2.05, 4.69) is 262 Å². The first kappa shape index (κ1) is 50.0. The highest BCUT2D eigenvalue weighted by Gasteiger charge is 2.47. The van der Waals surface area contributed by atoms with Crippen LogP contribution in [-0.2, 0) is 19.3 Å². The first-order valence-electron chi connectivity index (χ1n) is 29.0. The lowest BCUT2D eigenvalue weighted by molar-refractivity contribution is 0.669. The van der Waals surface area contributed by atoms with Crippen LogP contribution in [0.1, 0.15) is 87.1 Å². The minimum atomic E-state index is -0.269. The number of rotatable bonds is 16. The number of hydrogen-bond donors (Lipinski definition) is 0. The maximum atomic E-state index is 7.19. The van der Waals surface area contributed by atoms with Crippen molar-refractivity contribution >= 4 is 85.2 Å². The van der Waals surface area contributed by atoms with Crippen molar-refractivity contribution in [1.82, 2.24) is 0 Å². The van der Waals surface area contributed by atoms with Crippen LogP contribution in [-0.4, -0.2) is 6.85 Å². The van der Waals surface area contributed by atoms with Gasteiger partial charge in [-0.2, -0.15) is 0 Å². The number of anilines is 8. The molecule has 11 aromatic rings. The van der Waals surface area contributed by atoms with E-state index in [0.717, 1.165) is 114 Å². The molecule has 2 aliphatic rings. The minimum absolute atomic E-state index is 0.269. The smallest absolute Gasteiger partial charge is 0.333 e. The molecule has 0 spiro atoms. The molecule has 0 N–H and O–H groups in total. The number of para-hydroxylation sites is 2. The maximum absolute atomic E-state index is 7.19. The third-order valence-electron chi connectivity index (χ3n) is 16.8. The average Bonchev–Trinajstić information content (AvgIpc) is 3.45. The van der Waals surface area contributed by atoms with Crippen molar-refractivity contribution in [2.45, 2.75) is 92.4 Å². The normalized spacial score (nSPS) is 12.5. The maximum Gasteiger partial charge on any atom is 0.333 e. The number of aryl methyl sites for hydroxylation is 5. The highest BCUT2D eigenvalue weighted by atomic mass is 16.3. The predicted molar refractivity (Wildman–Crippen MR) is 338 cm³/mol. The molecule has 0 radical (unpaired) electrons. The van der Waals surface area contributed by atoms with E-state index in [1.54, 1.807) is 0 Å². The van der Waals surface area contributed by atoms with E-state index in [4.69, 9.17) is 4.42 Å². The van der Waals surface area contributed by atoms with Crippen LogP contribution in [0.4, 0.5) is 45.5 Å². The standard InChI is InChI=1S/C74H68BN3O/c1-6-9-25-52-28-21-34-58(44-52)76(59-35-22-29-53(45-59)26-10-7-2)60-39-43-68-66(49-60)75-72-65(62-40-41-63-61-36-18-19-37-70(61)79-74(63)73(62)78(75)57-32-16-13-17-33-57)47-56(71-50(4)23-20-24-51(71)5)48-69(72)77(68)67-42-38-54(27-11-8-3)46-64(67)55-30-14-12-15-31-55/h12-24,28-49H,6-11,25-27H2,1-5H3. The van der Waals surface area contributed by atoms with Crippen LogP contribution in [0.5, 0.6) is 0 Å². The molecule has 0 atom stereocenters. The highest BCUT2D eigenvalue weighted by Crippen LogP contribution is 2.53. The Morgan fingerprint density at radius 3 is 1.73 bits per heavy atom. The van der Waals surface area contributed by atoms with E-state index in [0.29, 0.717) is 0 Å². The van der Waals surface area contributed by atoms with Crippen molar-refractivity contribution in [2.75, 3.05) is 14.6 Å². The van der Waals surface area contributed by atoms with Crippen LogP contribution in [0.3, 0.4) is 0 Å². The topological polar surface area (TPSA) is 22.9 Å². The van der Waals surface area contributed by atoms with E-state index in [-0.39, 0.29) is 6.85 Å². The molecule has 0 fully saturated rings. The summed E-state index contributed by atoms with van der Waals surface area (Å²) in [6, 6.07) is 80.4. The van der Waals surface area contributed by atoms with E-state index in [9.17, 15) is 0 Å². The van der Waals surface area contributed by atoms with Gasteiger partial charge in [0.1, 0.15) is 5.58 Å². The summed E-state index contributed by atoms with van der Waals surface area (Å²) < 4.78 is 7.19. The largest absolute Gasteiger partial charge is 0.454 e. The molecule has 0 bridgehead atoms. The summed E-state index contributed by atoms with van der Waals surface area (Å²) in [7, 11) is 0. The van der Waals surface area contributed by atoms with Gasteiger partial charge in [-0.25, -0.2) is 0 Å². The van der Waals surface area contributed by atoms with Gasteiger partial charge in [0.05, 0.1) is 11.4 Å². The molecule has 1 aromatic heterocycles. The number of furan rings is 1. The Morgan fingerprint density at radius 2 is 1.05 bits per heavy atom. The number of benzene rings is 10. The van der Waals surface area contributed by atoms with Crippen LogP contribution in [0.25, 0.3) is 55.3 Å². The van der Waals surface area contributed by atoms with E-state index in [1.165, 1.54) is 83.6 Å². The van der Waals surface area contributed by atoms with Crippen molar-refractivity contribution in [1.29, 1.82) is 0 Å². The van der Waals surface area contributed by atoms with Gasteiger partial charge in [-0.15, -0.1) is 0 Å².